The van der Waals surface area contributed by atoms with Crippen LogP contribution in [0.15, 0.2) is 36.4 Å². The number of hydrogen-bond donors (Lipinski definition) is 1. The number of carbonyl (C=O) groups is 1. The van der Waals surface area contributed by atoms with Crippen molar-refractivity contribution in [1.29, 1.82) is 0 Å². The number of thiophene rings is 1. The van der Waals surface area contributed by atoms with Crippen molar-refractivity contribution in [1.82, 2.24) is 9.80 Å². The second-order valence-electron chi connectivity index (χ2n) is 6.97. The second kappa shape index (κ2) is 9.35. The van der Waals surface area contributed by atoms with Crippen LogP contribution in [0.1, 0.15) is 27.0 Å². The SMILES string of the molecule is CCc1ccc(OC[C@@H](O)CN2CCN(C(=O)c3ccc(C)s3)CC2)cc1. The third-order valence-electron chi connectivity index (χ3n) is 4.85. The van der Waals surface area contributed by atoms with Crippen molar-refractivity contribution in [3.8, 4) is 5.75 Å². The maximum atomic E-state index is 12.5. The molecule has 5 nitrogen and oxygen atoms in total. The van der Waals surface area contributed by atoms with E-state index >= 15 is 0 Å². The zero-order chi connectivity index (χ0) is 19.2. The molecule has 3 rings (SSSR count). The van der Waals surface area contributed by atoms with Crippen molar-refractivity contribution < 1.29 is 14.6 Å². The molecule has 1 aliphatic rings. The number of aliphatic hydroxyl groups excluding tert-OH is 1. The van der Waals surface area contributed by atoms with Crippen LogP contribution in [0.4, 0.5) is 0 Å². The highest BCUT2D eigenvalue weighted by molar-refractivity contribution is 7.13. The van der Waals surface area contributed by atoms with Crippen molar-refractivity contribution in [2.24, 2.45) is 0 Å². The Morgan fingerprint density at radius 3 is 2.44 bits per heavy atom. The van der Waals surface area contributed by atoms with Crippen LogP contribution in [0.25, 0.3) is 0 Å². The van der Waals surface area contributed by atoms with Crippen molar-refractivity contribution in [3.63, 3.8) is 0 Å². The minimum Gasteiger partial charge on any atom is -0.491 e. The molecule has 0 saturated carbocycles. The quantitative estimate of drug-likeness (QED) is 0.793. The summed E-state index contributed by atoms with van der Waals surface area (Å²) >= 11 is 1.55. The van der Waals surface area contributed by atoms with Gasteiger partial charge in [0.1, 0.15) is 18.5 Å². The molecule has 0 unspecified atom stereocenters. The first-order chi connectivity index (χ1) is 13.0. The van der Waals surface area contributed by atoms with Crippen molar-refractivity contribution >= 4 is 17.2 Å². The fourth-order valence-corrected chi connectivity index (χ4v) is 4.04. The monoisotopic (exact) mass is 388 g/mol. The zero-order valence-electron chi connectivity index (χ0n) is 16.1. The van der Waals surface area contributed by atoms with E-state index in [1.165, 1.54) is 5.56 Å². The maximum Gasteiger partial charge on any atom is 0.264 e. The van der Waals surface area contributed by atoms with Crippen LogP contribution in [-0.4, -0.2) is 66.2 Å². The van der Waals surface area contributed by atoms with Crippen LogP contribution in [0.2, 0.25) is 0 Å². The Bertz CT molecular complexity index is 736. The number of hydrogen-bond acceptors (Lipinski definition) is 5. The topological polar surface area (TPSA) is 53.0 Å². The Labute approximate surface area is 165 Å². The standard InChI is InChI=1S/C21H28N2O3S/c1-3-17-5-7-19(8-6-17)26-15-18(24)14-22-10-12-23(13-11-22)21(25)20-9-4-16(2)27-20/h4-9,18,24H,3,10-15H2,1-2H3/t18-/m0/s1. The van der Waals surface area contributed by atoms with Crippen molar-refractivity contribution in [2.75, 3.05) is 39.3 Å². The molecule has 1 aromatic carbocycles. The number of ether oxygens (including phenoxy) is 1. The summed E-state index contributed by atoms with van der Waals surface area (Å²) in [4.78, 5) is 18.6. The summed E-state index contributed by atoms with van der Waals surface area (Å²) in [5, 5.41) is 10.3. The van der Waals surface area contributed by atoms with Crippen LogP contribution >= 0.6 is 11.3 Å². The highest BCUT2D eigenvalue weighted by atomic mass is 32.1. The molecular formula is C21H28N2O3S. The van der Waals surface area contributed by atoms with Crippen LogP contribution in [0, 0.1) is 6.92 Å². The van der Waals surface area contributed by atoms with Gasteiger partial charge in [-0.2, -0.15) is 0 Å². The third-order valence-corrected chi connectivity index (χ3v) is 5.84. The van der Waals surface area contributed by atoms with Crippen molar-refractivity contribution in [3.05, 3.63) is 51.7 Å². The molecule has 146 valence electrons. The molecule has 0 spiro atoms. The van der Waals surface area contributed by atoms with Gasteiger partial charge >= 0.3 is 0 Å². The first kappa shape index (κ1) is 19.9. The summed E-state index contributed by atoms with van der Waals surface area (Å²) < 4.78 is 5.69. The number of piperazine rings is 1. The molecule has 0 radical (unpaired) electrons. The summed E-state index contributed by atoms with van der Waals surface area (Å²) in [6, 6.07) is 11.9. The van der Waals surface area contributed by atoms with Gasteiger partial charge in [-0.3, -0.25) is 9.69 Å². The lowest BCUT2D eigenvalue weighted by Gasteiger charge is -2.35. The van der Waals surface area contributed by atoms with Gasteiger partial charge in [0.15, 0.2) is 0 Å². The van der Waals surface area contributed by atoms with E-state index in [9.17, 15) is 9.90 Å². The number of nitrogens with zero attached hydrogens (tertiary/aromatic N) is 2. The predicted octanol–water partition coefficient (Wildman–Crippen LogP) is 2.82. The molecule has 1 atom stereocenters. The molecule has 1 N–H and O–H groups in total. The molecule has 1 amide bonds. The number of amides is 1. The summed E-state index contributed by atoms with van der Waals surface area (Å²) in [5.41, 5.74) is 1.27. The second-order valence-corrected chi connectivity index (χ2v) is 8.25. The molecule has 1 aliphatic heterocycles. The van der Waals surface area contributed by atoms with Crippen molar-refractivity contribution in [2.45, 2.75) is 26.4 Å². The van der Waals surface area contributed by atoms with Gasteiger partial charge in [-0.15, -0.1) is 11.3 Å². The van der Waals surface area contributed by atoms with E-state index in [1.807, 2.05) is 48.2 Å². The lowest BCUT2D eigenvalue weighted by atomic mass is 10.2. The molecular weight excluding hydrogens is 360 g/mol. The molecule has 6 heteroatoms. The molecule has 27 heavy (non-hydrogen) atoms. The van der Waals surface area contributed by atoms with Crippen LogP contribution in [-0.2, 0) is 6.42 Å². The largest absolute Gasteiger partial charge is 0.491 e. The van der Waals surface area contributed by atoms with E-state index in [-0.39, 0.29) is 12.5 Å². The van der Waals surface area contributed by atoms with Gasteiger partial charge < -0.3 is 14.7 Å². The molecule has 1 aromatic heterocycles. The Kier molecular flexibility index (Phi) is 6.88. The average Bonchev–Trinajstić information content (AvgIpc) is 3.13. The van der Waals surface area contributed by atoms with E-state index in [0.29, 0.717) is 19.6 Å². The molecule has 0 aliphatic carbocycles. The van der Waals surface area contributed by atoms with E-state index in [0.717, 1.165) is 35.0 Å². The van der Waals surface area contributed by atoms with Gasteiger partial charge in [0, 0.05) is 37.6 Å². The predicted molar refractivity (Wildman–Crippen MR) is 109 cm³/mol. The number of aryl methyl sites for hydroxylation is 2. The fourth-order valence-electron chi connectivity index (χ4n) is 3.20. The van der Waals surface area contributed by atoms with Gasteiger partial charge in [-0.1, -0.05) is 19.1 Å². The van der Waals surface area contributed by atoms with E-state index in [1.54, 1.807) is 11.3 Å². The molecule has 1 saturated heterocycles. The highest BCUT2D eigenvalue weighted by Gasteiger charge is 2.24. The average molecular weight is 389 g/mol. The summed E-state index contributed by atoms with van der Waals surface area (Å²) in [6.45, 7) is 7.92. The lowest BCUT2D eigenvalue weighted by molar-refractivity contribution is 0.0406. The van der Waals surface area contributed by atoms with Gasteiger partial charge in [-0.25, -0.2) is 0 Å². The van der Waals surface area contributed by atoms with Gasteiger partial charge in [0.05, 0.1) is 4.88 Å². The van der Waals surface area contributed by atoms with Gasteiger partial charge in [0.2, 0.25) is 0 Å². The minimum atomic E-state index is -0.543. The van der Waals surface area contributed by atoms with Gasteiger partial charge in [0.25, 0.3) is 5.91 Å². The Hall–Kier alpha value is -1.89. The number of β-amino-alcohol motifs (C(OH)–C–C–N with tert-alkyl or cyclic N) is 1. The third kappa shape index (κ3) is 5.54. The molecule has 2 heterocycles. The van der Waals surface area contributed by atoms with Crippen LogP contribution in [0.3, 0.4) is 0 Å². The number of aliphatic hydroxyl groups is 1. The normalized spacial score (nSPS) is 16.3. The van der Waals surface area contributed by atoms with Gasteiger partial charge in [-0.05, 0) is 43.2 Å². The molecule has 2 aromatic rings. The maximum absolute atomic E-state index is 12.5. The molecule has 0 bridgehead atoms. The minimum absolute atomic E-state index is 0.118. The van der Waals surface area contributed by atoms with Crippen LogP contribution in [0.5, 0.6) is 5.75 Å². The van der Waals surface area contributed by atoms with E-state index in [2.05, 4.69) is 11.8 Å². The lowest BCUT2D eigenvalue weighted by Crippen LogP contribution is -2.50. The summed E-state index contributed by atoms with van der Waals surface area (Å²) in [6.07, 6.45) is 0.460. The number of benzene rings is 1. The van der Waals surface area contributed by atoms with E-state index < -0.39 is 6.10 Å². The Balaban J connectivity index is 1.39. The first-order valence-corrected chi connectivity index (χ1v) is 10.3. The highest BCUT2D eigenvalue weighted by Crippen LogP contribution is 2.18. The zero-order valence-corrected chi connectivity index (χ0v) is 16.9. The van der Waals surface area contributed by atoms with E-state index in [4.69, 9.17) is 4.74 Å². The summed E-state index contributed by atoms with van der Waals surface area (Å²) in [5.74, 6) is 0.903. The Morgan fingerprint density at radius 2 is 1.85 bits per heavy atom. The molecule has 1 fully saturated rings. The van der Waals surface area contributed by atoms with Crippen LogP contribution < -0.4 is 4.74 Å². The Morgan fingerprint density at radius 1 is 1.15 bits per heavy atom. The first-order valence-electron chi connectivity index (χ1n) is 9.53. The summed E-state index contributed by atoms with van der Waals surface area (Å²) in [7, 11) is 0. The number of rotatable bonds is 7. The smallest absolute Gasteiger partial charge is 0.264 e. The number of carbonyl (C=O) groups excluding carboxylic acids is 1. The fraction of sp³-hybridized carbons (Fsp3) is 0.476.